The van der Waals surface area contributed by atoms with E-state index < -0.39 is 0 Å². The highest BCUT2D eigenvalue weighted by Crippen LogP contribution is 2.24. The zero-order valence-electron chi connectivity index (χ0n) is 17.9. The molecule has 0 bridgehead atoms. The predicted octanol–water partition coefficient (Wildman–Crippen LogP) is 1.50. The van der Waals surface area contributed by atoms with Crippen molar-refractivity contribution >= 4 is 11.8 Å². The molecule has 0 spiro atoms. The summed E-state index contributed by atoms with van der Waals surface area (Å²) >= 11 is 0. The number of benzene rings is 1. The SMILES string of the molecule is Cc1cccc(CC(=O)NC[C@@H]2CCn3ncc(C(=O)N4CCN(C)CC4)c3C2)c1. The molecule has 2 aliphatic rings. The molecule has 1 aromatic heterocycles. The third kappa shape index (κ3) is 4.73. The summed E-state index contributed by atoms with van der Waals surface area (Å²) in [6, 6.07) is 8.06. The normalized spacial score (nSPS) is 19.4. The zero-order valence-corrected chi connectivity index (χ0v) is 17.9. The lowest BCUT2D eigenvalue weighted by molar-refractivity contribution is -0.120. The first-order valence-corrected chi connectivity index (χ1v) is 10.8. The highest BCUT2D eigenvalue weighted by molar-refractivity contribution is 5.95. The second-order valence-corrected chi connectivity index (χ2v) is 8.65. The first-order valence-electron chi connectivity index (χ1n) is 10.8. The maximum atomic E-state index is 13.0. The molecular formula is C23H31N5O2. The minimum atomic E-state index is 0.0495. The van der Waals surface area contributed by atoms with Crippen molar-refractivity contribution in [2.45, 2.75) is 32.7 Å². The summed E-state index contributed by atoms with van der Waals surface area (Å²) in [7, 11) is 2.08. The van der Waals surface area contributed by atoms with E-state index in [2.05, 4.69) is 28.4 Å². The summed E-state index contributed by atoms with van der Waals surface area (Å²) in [6.07, 6.45) is 3.87. The van der Waals surface area contributed by atoms with E-state index in [1.54, 1.807) is 6.20 Å². The van der Waals surface area contributed by atoms with Crippen LogP contribution in [0.1, 0.15) is 33.6 Å². The van der Waals surface area contributed by atoms with Gasteiger partial charge in [0.1, 0.15) is 0 Å². The number of fused-ring (bicyclic) bond motifs is 1. The largest absolute Gasteiger partial charge is 0.356 e. The monoisotopic (exact) mass is 409 g/mol. The quantitative estimate of drug-likeness (QED) is 0.813. The second kappa shape index (κ2) is 9.00. The van der Waals surface area contributed by atoms with Crippen molar-refractivity contribution < 1.29 is 9.59 Å². The van der Waals surface area contributed by atoms with Gasteiger partial charge >= 0.3 is 0 Å². The standard InChI is InChI=1S/C23H31N5O2/c1-17-4-3-5-18(12-17)14-22(29)24-15-19-6-7-28-21(13-19)20(16-25-28)23(30)27-10-8-26(2)9-11-27/h3-5,12,16,19H,6-11,13-15H2,1-2H3,(H,24,29)/t19-/m1/s1. The number of aryl methyl sites for hydroxylation is 2. The van der Waals surface area contributed by atoms with Crippen molar-refractivity contribution in [2.24, 2.45) is 5.92 Å². The first kappa shape index (κ1) is 20.6. The van der Waals surface area contributed by atoms with Crippen LogP contribution in [0.3, 0.4) is 0 Å². The molecule has 2 aliphatic heterocycles. The van der Waals surface area contributed by atoms with Crippen LogP contribution in [0.2, 0.25) is 0 Å². The molecule has 0 aliphatic carbocycles. The molecule has 0 saturated carbocycles. The summed E-state index contributed by atoms with van der Waals surface area (Å²) in [6.45, 7) is 6.81. The Bertz CT molecular complexity index is 914. The summed E-state index contributed by atoms with van der Waals surface area (Å²) in [5, 5.41) is 7.54. The van der Waals surface area contributed by atoms with Crippen LogP contribution < -0.4 is 5.32 Å². The van der Waals surface area contributed by atoms with Gasteiger partial charge < -0.3 is 15.1 Å². The Balaban J connectivity index is 1.33. The Morgan fingerprint density at radius 3 is 2.73 bits per heavy atom. The van der Waals surface area contributed by atoms with Gasteiger partial charge in [-0.3, -0.25) is 14.3 Å². The number of carbonyl (C=O) groups is 2. The van der Waals surface area contributed by atoms with E-state index in [1.807, 2.05) is 34.7 Å². The minimum Gasteiger partial charge on any atom is -0.356 e. The van der Waals surface area contributed by atoms with E-state index in [1.165, 1.54) is 5.56 Å². The smallest absolute Gasteiger partial charge is 0.257 e. The lowest BCUT2D eigenvalue weighted by Crippen LogP contribution is -2.47. The van der Waals surface area contributed by atoms with Gasteiger partial charge in [0.25, 0.3) is 5.91 Å². The molecule has 7 nitrogen and oxygen atoms in total. The maximum Gasteiger partial charge on any atom is 0.257 e. The van der Waals surface area contributed by atoms with E-state index in [4.69, 9.17) is 0 Å². The van der Waals surface area contributed by atoms with Gasteiger partial charge in [0.2, 0.25) is 5.91 Å². The predicted molar refractivity (Wildman–Crippen MR) is 115 cm³/mol. The van der Waals surface area contributed by atoms with Crippen LogP contribution in [0.4, 0.5) is 0 Å². The number of carbonyl (C=O) groups excluding carboxylic acids is 2. The van der Waals surface area contributed by atoms with Crippen molar-refractivity contribution in [3.05, 3.63) is 52.8 Å². The van der Waals surface area contributed by atoms with Crippen LogP contribution in [-0.4, -0.2) is 71.2 Å². The Kier molecular flexibility index (Phi) is 6.18. The summed E-state index contributed by atoms with van der Waals surface area (Å²) < 4.78 is 1.97. The number of amides is 2. The molecule has 0 unspecified atom stereocenters. The summed E-state index contributed by atoms with van der Waals surface area (Å²) in [5.41, 5.74) is 3.95. The number of hydrogen-bond acceptors (Lipinski definition) is 4. The minimum absolute atomic E-state index is 0.0495. The molecule has 2 amide bonds. The Labute approximate surface area is 178 Å². The number of likely N-dealkylation sites (N-methyl/N-ethyl adjacent to an activating group) is 1. The van der Waals surface area contributed by atoms with E-state index in [0.29, 0.717) is 18.9 Å². The van der Waals surface area contributed by atoms with Gasteiger partial charge in [-0.15, -0.1) is 0 Å². The number of nitrogens with zero attached hydrogens (tertiary/aromatic N) is 4. The van der Waals surface area contributed by atoms with Crippen molar-refractivity contribution in [3.8, 4) is 0 Å². The highest BCUT2D eigenvalue weighted by Gasteiger charge is 2.29. The van der Waals surface area contributed by atoms with E-state index in [9.17, 15) is 9.59 Å². The third-order valence-corrected chi connectivity index (χ3v) is 6.24. The second-order valence-electron chi connectivity index (χ2n) is 8.65. The fourth-order valence-electron chi connectivity index (χ4n) is 4.36. The molecular weight excluding hydrogens is 378 g/mol. The molecule has 0 radical (unpaired) electrons. The van der Waals surface area contributed by atoms with Gasteiger partial charge in [0.15, 0.2) is 0 Å². The summed E-state index contributed by atoms with van der Waals surface area (Å²) in [5.74, 6) is 0.469. The van der Waals surface area contributed by atoms with Gasteiger partial charge in [0, 0.05) is 39.3 Å². The fraction of sp³-hybridized carbons (Fsp3) is 0.522. The molecule has 1 fully saturated rings. The van der Waals surface area contributed by atoms with Crippen molar-refractivity contribution in [1.29, 1.82) is 0 Å². The van der Waals surface area contributed by atoms with Crippen LogP contribution in [0.5, 0.6) is 0 Å². The van der Waals surface area contributed by atoms with E-state index in [0.717, 1.165) is 62.4 Å². The van der Waals surface area contributed by atoms with E-state index in [-0.39, 0.29) is 11.8 Å². The number of piperazine rings is 1. The van der Waals surface area contributed by atoms with Gasteiger partial charge in [-0.05, 0) is 38.3 Å². The number of hydrogen-bond donors (Lipinski definition) is 1. The highest BCUT2D eigenvalue weighted by atomic mass is 16.2. The molecule has 7 heteroatoms. The molecule has 30 heavy (non-hydrogen) atoms. The molecule has 1 saturated heterocycles. The molecule has 160 valence electrons. The van der Waals surface area contributed by atoms with Crippen LogP contribution in [0, 0.1) is 12.8 Å². The van der Waals surface area contributed by atoms with Gasteiger partial charge in [0.05, 0.1) is 23.9 Å². The molecule has 1 aromatic carbocycles. The Morgan fingerprint density at radius 1 is 1.17 bits per heavy atom. The van der Waals surface area contributed by atoms with Crippen LogP contribution in [-0.2, 0) is 24.2 Å². The van der Waals surface area contributed by atoms with Crippen LogP contribution in [0.15, 0.2) is 30.5 Å². The lowest BCUT2D eigenvalue weighted by Gasteiger charge is -2.32. The molecule has 1 atom stereocenters. The van der Waals surface area contributed by atoms with Crippen molar-refractivity contribution in [2.75, 3.05) is 39.8 Å². The van der Waals surface area contributed by atoms with Crippen LogP contribution in [0.25, 0.3) is 0 Å². The zero-order chi connectivity index (χ0) is 21.1. The average Bonchev–Trinajstić information content (AvgIpc) is 3.15. The number of nitrogens with one attached hydrogen (secondary N) is 1. The van der Waals surface area contributed by atoms with Gasteiger partial charge in [-0.1, -0.05) is 29.8 Å². The first-order chi connectivity index (χ1) is 14.5. The fourth-order valence-corrected chi connectivity index (χ4v) is 4.36. The topological polar surface area (TPSA) is 70.5 Å². The lowest BCUT2D eigenvalue weighted by atomic mass is 9.94. The maximum absolute atomic E-state index is 13.0. The summed E-state index contributed by atoms with van der Waals surface area (Å²) in [4.78, 5) is 29.6. The van der Waals surface area contributed by atoms with Gasteiger partial charge in [-0.2, -0.15) is 5.10 Å². The van der Waals surface area contributed by atoms with Crippen molar-refractivity contribution in [3.63, 3.8) is 0 Å². The van der Waals surface area contributed by atoms with E-state index >= 15 is 0 Å². The average molecular weight is 410 g/mol. The van der Waals surface area contributed by atoms with Crippen LogP contribution >= 0.6 is 0 Å². The molecule has 3 heterocycles. The molecule has 2 aromatic rings. The Hall–Kier alpha value is -2.67. The number of rotatable bonds is 5. The molecule has 1 N–H and O–H groups in total. The Morgan fingerprint density at radius 2 is 1.97 bits per heavy atom. The van der Waals surface area contributed by atoms with Gasteiger partial charge in [-0.25, -0.2) is 0 Å². The number of aromatic nitrogens is 2. The third-order valence-electron chi connectivity index (χ3n) is 6.24. The molecule has 4 rings (SSSR count). The van der Waals surface area contributed by atoms with Crippen molar-refractivity contribution in [1.82, 2.24) is 24.9 Å².